The number of rotatable bonds is 4. The third-order valence-corrected chi connectivity index (χ3v) is 5.90. The van der Waals surface area contributed by atoms with E-state index in [0.29, 0.717) is 40.4 Å². The first-order chi connectivity index (χ1) is 15.6. The molecular formula is C24H25ClFN3O4. The smallest absolute Gasteiger partial charge is 0.258 e. The van der Waals surface area contributed by atoms with Gasteiger partial charge in [-0.1, -0.05) is 11.6 Å². The predicted molar refractivity (Wildman–Crippen MR) is 123 cm³/mol. The number of hydrogen-bond donors (Lipinski definition) is 1. The molecule has 1 saturated heterocycles. The molecule has 0 radical (unpaired) electrons. The molecule has 7 nitrogen and oxygen atoms in total. The van der Waals surface area contributed by atoms with Crippen LogP contribution in [0.2, 0.25) is 5.02 Å². The third kappa shape index (κ3) is 4.86. The van der Waals surface area contributed by atoms with Crippen molar-refractivity contribution in [3.8, 4) is 5.75 Å². The number of morpholine rings is 1. The zero-order valence-electron chi connectivity index (χ0n) is 18.8. The number of carbonyl (C=O) groups is 1. The van der Waals surface area contributed by atoms with Gasteiger partial charge in [0, 0.05) is 29.2 Å². The monoisotopic (exact) mass is 473 g/mol. The van der Waals surface area contributed by atoms with Crippen molar-refractivity contribution < 1.29 is 18.7 Å². The topological polar surface area (TPSA) is 84.5 Å². The van der Waals surface area contributed by atoms with Gasteiger partial charge < -0.3 is 19.4 Å². The van der Waals surface area contributed by atoms with Gasteiger partial charge in [-0.3, -0.25) is 9.59 Å². The number of aryl methyl sites for hydroxylation is 1. The van der Waals surface area contributed by atoms with Gasteiger partial charge in [0.05, 0.1) is 23.1 Å². The number of ether oxygens (including phenoxy) is 2. The van der Waals surface area contributed by atoms with E-state index in [1.807, 2.05) is 13.8 Å². The van der Waals surface area contributed by atoms with Crippen LogP contribution in [0.15, 0.2) is 35.1 Å². The fraction of sp³-hybridized carbons (Fsp3) is 0.375. The summed E-state index contributed by atoms with van der Waals surface area (Å²) in [5.41, 5.74) is 0.947. The van der Waals surface area contributed by atoms with Gasteiger partial charge >= 0.3 is 0 Å². The van der Waals surface area contributed by atoms with Crippen LogP contribution >= 0.6 is 11.6 Å². The van der Waals surface area contributed by atoms with Crippen molar-refractivity contribution in [3.63, 3.8) is 0 Å². The Hall–Kier alpha value is -2.97. The van der Waals surface area contributed by atoms with E-state index in [1.165, 1.54) is 18.2 Å². The number of fused-ring (bicyclic) bond motifs is 1. The number of hydrogen-bond acceptors (Lipinski definition) is 5. The Morgan fingerprint density at radius 2 is 1.97 bits per heavy atom. The molecule has 3 atom stereocenters. The van der Waals surface area contributed by atoms with E-state index >= 15 is 0 Å². The highest BCUT2D eigenvalue weighted by atomic mass is 35.5. The minimum atomic E-state index is -0.658. The van der Waals surface area contributed by atoms with Crippen LogP contribution < -0.4 is 10.3 Å². The van der Waals surface area contributed by atoms with E-state index in [1.54, 1.807) is 30.9 Å². The van der Waals surface area contributed by atoms with Crippen molar-refractivity contribution in [2.45, 2.75) is 46.0 Å². The number of benzene rings is 2. The van der Waals surface area contributed by atoms with Crippen molar-refractivity contribution >= 4 is 28.4 Å². The minimum absolute atomic E-state index is 0.0186. The first-order valence-corrected chi connectivity index (χ1v) is 11.1. The molecule has 2 aromatic carbocycles. The SMILES string of the molecule is Cc1nc2cc(Cl)c(C(C)Oc3ccc(C(=O)N4C[C@@H](C)O[C@@H](C)C4)cc3F)cc2c(=O)[nH]1. The Morgan fingerprint density at radius 1 is 1.27 bits per heavy atom. The number of aromatic amines is 1. The maximum Gasteiger partial charge on any atom is 0.258 e. The highest BCUT2D eigenvalue weighted by molar-refractivity contribution is 6.32. The van der Waals surface area contributed by atoms with Crippen molar-refractivity contribution in [1.82, 2.24) is 14.9 Å². The van der Waals surface area contributed by atoms with E-state index in [2.05, 4.69) is 9.97 Å². The molecule has 2 heterocycles. The molecular weight excluding hydrogens is 449 g/mol. The van der Waals surface area contributed by atoms with Gasteiger partial charge in [0.2, 0.25) is 0 Å². The Labute approximate surface area is 195 Å². The first-order valence-electron chi connectivity index (χ1n) is 10.7. The normalized spacial score (nSPS) is 19.5. The van der Waals surface area contributed by atoms with Crippen molar-refractivity contribution in [2.75, 3.05) is 13.1 Å². The van der Waals surface area contributed by atoms with E-state index in [9.17, 15) is 14.0 Å². The average Bonchev–Trinajstić information content (AvgIpc) is 2.73. The van der Waals surface area contributed by atoms with Gasteiger partial charge in [0.15, 0.2) is 11.6 Å². The molecule has 33 heavy (non-hydrogen) atoms. The lowest BCUT2D eigenvalue weighted by atomic mass is 10.1. The molecule has 4 rings (SSSR count). The van der Waals surface area contributed by atoms with Crippen molar-refractivity contribution in [1.29, 1.82) is 0 Å². The predicted octanol–water partition coefficient (Wildman–Crippen LogP) is 4.41. The first kappa shape index (κ1) is 23.2. The van der Waals surface area contributed by atoms with E-state index in [0.717, 1.165) is 0 Å². The minimum Gasteiger partial charge on any atom is -0.483 e. The Bertz CT molecular complexity index is 1270. The summed E-state index contributed by atoms with van der Waals surface area (Å²) in [5, 5.41) is 0.723. The second-order valence-electron chi connectivity index (χ2n) is 8.41. The molecule has 0 saturated carbocycles. The molecule has 1 unspecified atom stereocenters. The van der Waals surface area contributed by atoms with Gasteiger partial charge in [-0.25, -0.2) is 9.37 Å². The summed E-state index contributed by atoms with van der Waals surface area (Å²) in [6.07, 6.45) is -0.812. The van der Waals surface area contributed by atoms with Crippen molar-refractivity contribution in [2.24, 2.45) is 0 Å². The standard InChI is InChI=1S/C24H25ClFN3O4/c1-12-10-29(11-13(2)32-12)24(31)16-5-6-22(20(26)7-16)33-14(3)17-8-18-21(9-19(17)25)27-15(4)28-23(18)30/h5-9,12-14H,10-11H2,1-4H3,(H,27,28,30)/t12-,13+,14?. The van der Waals surface area contributed by atoms with Crippen LogP contribution in [0.3, 0.4) is 0 Å². The molecule has 0 bridgehead atoms. The lowest BCUT2D eigenvalue weighted by Crippen LogP contribution is -2.48. The molecule has 174 valence electrons. The zero-order chi connectivity index (χ0) is 23.9. The summed E-state index contributed by atoms with van der Waals surface area (Å²) in [5.74, 6) is -0.447. The molecule has 1 aromatic heterocycles. The summed E-state index contributed by atoms with van der Waals surface area (Å²) < 4.78 is 26.3. The number of nitrogens with zero attached hydrogens (tertiary/aromatic N) is 2. The Morgan fingerprint density at radius 3 is 2.64 bits per heavy atom. The summed E-state index contributed by atoms with van der Waals surface area (Å²) in [6, 6.07) is 7.34. The van der Waals surface area contributed by atoms with Crippen LogP contribution in [0.25, 0.3) is 10.9 Å². The second kappa shape index (κ2) is 9.11. The summed E-state index contributed by atoms with van der Waals surface area (Å²) in [6.45, 7) is 8.10. The molecule has 0 spiro atoms. The quantitative estimate of drug-likeness (QED) is 0.606. The lowest BCUT2D eigenvalue weighted by molar-refractivity contribution is -0.0586. The van der Waals surface area contributed by atoms with E-state index in [-0.39, 0.29) is 35.0 Å². The average molecular weight is 474 g/mol. The lowest BCUT2D eigenvalue weighted by Gasteiger charge is -2.35. The number of H-pyrrole nitrogens is 1. The highest BCUT2D eigenvalue weighted by Gasteiger charge is 2.27. The van der Waals surface area contributed by atoms with Crippen LogP contribution in [0.4, 0.5) is 4.39 Å². The van der Waals surface area contributed by atoms with E-state index in [4.69, 9.17) is 21.1 Å². The van der Waals surface area contributed by atoms with Crippen LogP contribution in [-0.2, 0) is 4.74 Å². The molecule has 1 aliphatic rings. The van der Waals surface area contributed by atoms with Crippen molar-refractivity contribution in [3.05, 3.63) is 68.5 Å². The van der Waals surface area contributed by atoms with Crippen LogP contribution in [-0.4, -0.2) is 46.1 Å². The number of carbonyl (C=O) groups excluding carboxylic acids is 1. The molecule has 1 N–H and O–H groups in total. The molecule has 0 aliphatic carbocycles. The summed E-state index contributed by atoms with van der Waals surface area (Å²) in [4.78, 5) is 33.7. The molecule has 9 heteroatoms. The molecule has 1 fully saturated rings. The number of amides is 1. The zero-order valence-corrected chi connectivity index (χ0v) is 19.6. The fourth-order valence-electron chi connectivity index (χ4n) is 4.12. The Kier molecular flexibility index (Phi) is 6.41. The fourth-order valence-corrected chi connectivity index (χ4v) is 4.43. The van der Waals surface area contributed by atoms with Gasteiger partial charge in [-0.15, -0.1) is 0 Å². The summed E-state index contributed by atoms with van der Waals surface area (Å²) >= 11 is 6.40. The van der Waals surface area contributed by atoms with Gasteiger partial charge in [0.1, 0.15) is 11.9 Å². The Balaban J connectivity index is 1.55. The number of nitrogens with one attached hydrogen (secondary N) is 1. The largest absolute Gasteiger partial charge is 0.483 e. The van der Waals surface area contributed by atoms with Crippen LogP contribution in [0, 0.1) is 12.7 Å². The third-order valence-electron chi connectivity index (χ3n) is 5.57. The van der Waals surface area contributed by atoms with Crippen LogP contribution in [0.5, 0.6) is 5.75 Å². The van der Waals surface area contributed by atoms with Gasteiger partial charge in [-0.2, -0.15) is 0 Å². The molecule has 1 aliphatic heterocycles. The van der Waals surface area contributed by atoms with Gasteiger partial charge in [-0.05, 0) is 58.0 Å². The second-order valence-corrected chi connectivity index (χ2v) is 8.82. The van der Waals surface area contributed by atoms with Crippen LogP contribution in [0.1, 0.15) is 48.6 Å². The highest BCUT2D eigenvalue weighted by Crippen LogP contribution is 2.31. The molecule has 3 aromatic rings. The van der Waals surface area contributed by atoms with Gasteiger partial charge in [0.25, 0.3) is 11.5 Å². The molecule has 1 amide bonds. The number of halogens is 2. The summed E-state index contributed by atoms with van der Waals surface area (Å²) in [7, 11) is 0. The maximum absolute atomic E-state index is 14.9. The number of aromatic nitrogens is 2. The van der Waals surface area contributed by atoms with E-state index < -0.39 is 11.9 Å². The maximum atomic E-state index is 14.9.